The molecular weight excluding hydrogens is 437 g/mol. The molecule has 1 saturated heterocycles. The molecule has 1 aliphatic heterocycles. The van der Waals surface area contributed by atoms with Crippen molar-refractivity contribution in [3.8, 4) is 0 Å². The Morgan fingerprint density at radius 1 is 1.15 bits per heavy atom. The highest BCUT2D eigenvalue weighted by molar-refractivity contribution is 14.0. The third-order valence-corrected chi connectivity index (χ3v) is 5.45. The predicted octanol–water partition coefficient (Wildman–Crippen LogP) is 2.93. The Bertz CT molecular complexity index is 430. The minimum Gasteiger partial charge on any atom is -0.356 e. The Hall–Kier alpha value is -0.340. The second kappa shape index (κ2) is 13.8. The maximum absolute atomic E-state index is 4.37. The van der Waals surface area contributed by atoms with Crippen molar-refractivity contribution in [3.63, 3.8) is 0 Å². The fourth-order valence-corrected chi connectivity index (χ4v) is 3.76. The van der Waals surface area contributed by atoms with Gasteiger partial charge in [-0.2, -0.15) is 0 Å². The summed E-state index contributed by atoms with van der Waals surface area (Å²) in [6, 6.07) is 0. The lowest BCUT2D eigenvalue weighted by Crippen LogP contribution is -2.48. The monoisotopic (exact) mass is 477 g/mol. The molecule has 26 heavy (non-hydrogen) atoms. The van der Waals surface area contributed by atoms with E-state index in [1.807, 2.05) is 7.05 Å². The topological polar surface area (TPSA) is 42.9 Å². The zero-order valence-corrected chi connectivity index (χ0v) is 19.4. The van der Waals surface area contributed by atoms with Gasteiger partial charge in [0, 0.05) is 52.9 Å². The van der Waals surface area contributed by atoms with Gasteiger partial charge < -0.3 is 20.4 Å². The molecule has 2 N–H and O–H groups in total. The van der Waals surface area contributed by atoms with Crippen LogP contribution < -0.4 is 10.6 Å². The zero-order valence-electron chi connectivity index (χ0n) is 17.1. The van der Waals surface area contributed by atoms with E-state index in [1.54, 1.807) is 5.57 Å². The van der Waals surface area contributed by atoms with Crippen LogP contribution in [0.15, 0.2) is 16.6 Å². The molecule has 0 saturated carbocycles. The van der Waals surface area contributed by atoms with Crippen molar-refractivity contribution < 1.29 is 0 Å². The van der Waals surface area contributed by atoms with E-state index in [4.69, 9.17) is 0 Å². The number of hydrogen-bond acceptors (Lipinski definition) is 3. The van der Waals surface area contributed by atoms with Crippen LogP contribution in [-0.2, 0) is 0 Å². The molecule has 0 aromatic rings. The summed E-state index contributed by atoms with van der Waals surface area (Å²) in [5.41, 5.74) is 1.62. The van der Waals surface area contributed by atoms with E-state index in [0.29, 0.717) is 5.92 Å². The van der Waals surface area contributed by atoms with Crippen molar-refractivity contribution in [3.05, 3.63) is 11.6 Å². The van der Waals surface area contributed by atoms with E-state index in [-0.39, 0.29) is 24.0 Å². The van der Waals surface area contributed by atoms with Crippen molar-refractivity contribution in [1.29, 1.82) is 0 Å². The van der Waals surface area contributed by atoms with Gasteiger partial charge in [-0.05, 0) is 44.6 Å². The molecule has 1 unspecified atom stereocenters. The molecule has 5 nitrogen and oxygen atoms in total. The maximum atomic E-state index is 4.37. The van der Waals surface area contributed by atoms with Crippen LogP contribution in [0.3, 0.4) is 0 Å². The average Bonchev–Trinajstić information content (AvgIpc) is 2.66. The van der Waals surface area contributed by atoms with Gasteiger partial charge in [-0.1, -0.05) is 25.5 Å². The van der Waals surface area contributed by atoms with E-state index >= 15 is 0 Å². The molecule has 0 radical (unpaired) electrons. The molecule has 1 aliphatic carbocycles. The quantitative estimate of drug-likeness (QED) is 0.244. The fourth-order valence-electron chi connectivity index (χ4n) is 3.76. The van der Waals surface area contributed by atoms with Crippen LogP contribution in [0.5, 0.6) is 0 Å². The summed E-state index contributed by atoms with van der Waals surface area (Å²) in [5.74, 6) is 1.58. The normalized spacial score (nSPS) is 20.9. The summed E-state index contributed by atoms with van der Waals surface area (Å²) in [4.78, 5) is 9.50. The number of aliphatic imine (C=N–C) groups is 1. The van der Waals surface area contributed by atoms with E-state index in [2.05, 4.69) is 45.3 Å². The van der Waals surface area contributed by atoms with Crippen LogP contribution in [0.1, 0.15) is 46.0 Å². The van der Waals surface area contributed by atoms with E-state index in [0.717, 1.165) is 25.5 Å². The van der Waals surface area contributed by atoms with Gasteiger partial charge in [-0.15, -0.1) is 24.0 Å². The first kappa shape index (κ1) is 23.7. The lowest BCUT2D eigenvalue weighted by Gasteiger charge is -2.35. The molecule has 0 spiro atoms. The van der Waals surface area contributed by atoms with Gasteiger partial charge in [-0.3, -0.25) is 4.99 Å². The van der Waals surface area contributed by atoms with Gasteiger partial charge in [0.05, 0.1) is 0 Å². The molecule has 1 fully saturated rings. The molecule has 2 rings (SSSR count). The van der Waals surface area contributed by atoms with Gasteiger partial charge in [0.25, 0.3) is 0 Å². The average molecular weight is 477 g/mol. The zero-order chi connectivity index (χ0) is 17.9. The number of rotatable bonds is 8. The molecule has 0 aromatic heterocycles. The highest BCUT2D eigenvalue weighted by atomic mass is 127. The molecule has 1 heterocycles. The molecule has 1 atom stereocenters. The molecule has 152 valence electrons. The number of guanidine groups is 1. The van der Waals surface area contributed by atoms with Crippen LogP contribution >= 0.6 is 24.0 Å². The summed E-state index contributed by atoms with van der Waals surface area (Å²) < 4.78 is 0. The SMILES string of the molecule is CCN1CCN(CC(C)CNC(=NC)NCCC2=CCCCC2)CC1.I. The number of halogens is 1. The summed E-state index contributed by atoms with van der Waals surface area (Å²) >= 11 is 0. The van der Waals surface area contributed by atoms with Gasteiger partial charge >= 0.3 is 0 Å². The molecule has 0 bridgehead atoms. The molecular formula is C20H40IN5. The largest absolute Gasteiger partial charge is 0.356 e. The maximum Gasteiger partial charge on any atom is 0.190 e. The van der Waals surface area contributed by atoms with Crippen molar-refractivity contribution in [2.75, 3.05) is 59.4 Å². The lowest BCUT2D eigenvalue weighted by atomic mass is 9.97. The lowest BCUT2D eigenvalue weighted by molar-refractivity contribution is 0.124. The Morgan fingerprint density at radius 3 is 2.50 bits per heavy atom. The van der Waals surface area contributed by atoms with Crippen molar-refractivity contribution in [2.45, 2.75) is 46.0 Å². The summed E-state index contributed by atoms with van der Waals surface area (Å²) in [6.07, 6.45) is 8.87. The second-order valence-electron chi connectivity index (χ2n) is 7.58. The Labute approximate surface area is 178 Å². The van der Waals surface area contributed by atoms with E-state index < -0.39 is 0 Å². The highest BCUT2D eigenvalue weighted by Crippen LogP contribution is 2.19. The molecule has 0 amide bonds. The third-order valence-electron chi connectivity index (χ3n) is 5.45. The van der Waals surface area contributed by atoms with E-state index in [1.165, 1.54) is 65.0 Å². The number of allylic oxidation sites excluding steroid dienone is 1. The number of likely N-dealkylation sites (N-methyl/N-ethyl adjacent to an activating group) is 1. The first-order chi connectivity index (χ1) is 12.2. The number of nitrogens with zero attached hydrogens (tertiary/aromatic N) is 3. The smallest absolute Gasteiger partial charge is 0.190 e. The van der Waals surface area contributed by atoms with E-state index in [9.17, 15) is 0 Å². The number of hydrogen-bond donors (Lipinski definition) is 2. The Morgan fingerprint density at radius 2 is 1.88 bits per heavy atom. The van der Waals surface area contributed by atoms with Gasteiger partial charge in [0.15, 0.2) is 5.96 Å². The van der Waals surface area contributed by atoms with Gasteiger partial charge in [-0.25, -0.2) is 0 Å². The Kier molecular flexibility index (Phi) is 12.6. The minimum absolute atomic E-state index is 0. The van der Waals surface area contributed by atoms with Gasteiger partial charge in [0.2, 0.25) is 0 Å². The summed E-state index contributed by atoms with van der Waals surface area (Å²) in [7, 11) is 1.86. The van der Waals surface area contributed by atoms with Crippen LogP contribution in [0, 0.1) is 5.92 Å². The predicted molar refractivity (Wildman–Crippen MR) is 124 cm³/mol. The van der Waals surface area contributed by atoms with Crippen LogP contribution in [-0.4, -0.2) is 75.2 Å². The van der Waals surface area contributed by atoms with Gasteiger partial charge in [0.1, 0.15) is 0 Å². The molecule has 0 aromatic carbocycles. The van der Waals surface area contributed by atoms with Crippen LogP contribution in [0.25, 0.3) is 0 Å². The number of nitrogens with one attached hydrogen (secondary N) is 2. The first-order valence-electron chi connectivity index (χ1n) is 10.3. The molecule has 6 heteroatoms. The van der Waals surface area contributed by atoms with Crippen molar-refractivity contribution in [2.24, 2.45) is 10.9 Å². The van der Waals surface area contributed by atoms with Crippen molar-refractivity contribution >= 4 is 29.9 Å². The Balaban J connectivity index is 0.00000338. The minimum atomic E-state index is 0. The van der Waals surface area contributed by atoms with Crippen LogP contribution in [0.4, 0.5) is 0 Å². The second-order valence-corrected chi connectivity index (χ2v) is 7.58. The fraction of sp³-hybridized carbons (Fsp3) is 0.850. The highest BCUT2D eigenvalue weighted by Gasteiger charge is 2.17. The standard InChI is InChI=1S/C20H39N5.HI/c1-4-24-12-14-25(15-13-24)17-18(2)16-23-20(21-3)22-11-10-19-8-6-5-7-9-19;/h8,18H,4-7,9-17H2,1-3H3,(H2,21,22,23);1H. The van der Waals surface area contributed by atoms with Crippen LogP contribution in [0.2, 0.25) is 0 Å². The third kappa shape index (κ3) is 9.04. The number of piperazine rings is 1. The summed E-state index contributed by atoms with van der Waals surface area (Å²) in [5, 5.41) is 6.97. The first-order valence-corrected chi connectivity index (χ1v) is 10.3. The molecule has 2 aliphatic rings. The summed E-state index contributed by atoms with van der Waals surface area (Å²) in [6.45, 7) is 13.8. The van der Waals surface area contributed by atoms with Crippen molar-refractivity contribution in [1.82, 2.24) is 20.4 Å².